The first-order chi connectivity index (χ1) is 13.5. The maximum Gasteiger partial charge on any atom is 0.305 e. The zero-order valence-corrected chi connectivity index (χ0v) is 17.8. The van der Waals surface area contributed by atoms with Gasteiger partial charge in [-0.05, 0) is 37.7 Å². The number of nitrogens with one attached hydrogen (secondary N) is 1. The normalized spacial score (nSPS) is 12.9. The van der Waals surface area contributed by atoms with E-state index in [9.17, 15) is 14.4 Å². The minimum absolute atomic E-state index is 0.0206. The summed E-state index contributed by atoms with van der Waals surface area (Å²) >= 11 is 2.90. The Morgan fingerprint density at radius 1 is 1.36 bits per heavy atom. The summed E-state index contributed by atoms with van der Waals surface area (Å²) in [5.74, 6) is -0.237. The fourth-order valence-electron chi connectivity index (χ4n) is 3.33. The molecule has 0 saturated heterocycles. The number of methoxy groups -OCH3 is 1. The lowest BCUT2D eigenvalue weighted by Gasteiger charge is -2.11. The number of carbonyl (C=O) groups is 2. The summed E-state index contributed by atoms with van der Waals surface area (Å²) < 4.78 is 6.28. The number of aromatic nitrogens is 2. The summed E-state index contributed by atoms with van der Waals surface area (Å²) in [5.41, 5.74) is 1.20. The van der Waals surface area contributed by atoms with Crippen LogP contribution in [0.2, 0.25) is 0 Å². The number of thioether (sulfide) groups is 1. The van der Waals surface area contributed by atoms with Gasteiger partial charge in [0, 0.05) is 24.4 Å². The number of amides is 1. The Morgan fingerprint density at radius 2 is 2.18 bits per heavy atom. The third-order valence-electron chi connectivity index (χ3n) is 4.68. The number of rotatable bonds is 9. The molecule has 1 N–H and O–H groups in total. The number of fused-ring (bicyclic) bond motifs is 3. The van der Waals surface area contributed by atoms with Crippen LogP contribution in [-0.4, -0.2) is 40.8 Å². The Labute approximate surface area is 171 Å². The molecule has 0 bridgehead atoms. The fraction of sp³-hybridized carbons (Fsp3) is 0.579. The second-order valence-corrected chi connectivity index (χ2v) is 8.73. The van der Waals surface area contributed by atoms with E-state index in [1.165, 1.54) is 29.3 Å². The molecule has 0 aliphatic heterocycles. The van der Waals surface area contributed by atoms with Crippen LogP contribution in [-0.2, 0) is 33.7 Å². The van der Waals surface area contributed by atoms with Crippen LogP contribution in [0.15, 0.2) is 9.95 Å². The summed E-state index contributed by atoms with van der Waals surface area (Å²) in [7, 11) is 1.35. The summed E-state index contributed by atoms with van der Waals surface area (Å²) in [5, 5.41) is 4.17. The van der Waals surface area contributed by atoms with Crippen LogP contribution in [0.4, 0.5) is 0 Å². The third-order valence-corrected chi connectivity index (χ3v) is 6.84. The maximum absolute atomic E-state index is 13.1. The van der Waals surface area contributed by atoms with E-state index in [2.05, 4.69) is 10.1 Å². The lowest BCUT2D eigenvalue weighted by Crippen LogP contribution is -2.28. The fourth-order valence-corrected chi connectivity index (χ4v) is 5.49. The van der Waals surface area contributed by atoms with Crippen molar-refractivity contribution in [2.45, 2.75) is 57.1 Å². The molecule has 1 aliphatic rings. The van der Waals surface area contributed by atoms with Crippen molar-refractivity contribution in [3.05, 3.63) is 20.8 Å². The Bertz CT molecular complexity index is 935. The molecule has 7 nitrogen and oxygen atoms in total. The molecule has 9 heteroatoms. The van der Waals surface area contributed by atoms with Gasteiger partial charge >= 0.3 is 5.97 Å². The van der Waals surface area contributed by atoms with E-state index >= 15 is 0 Å². The van der Waals surface area contributed by atoms with Crippen molar-refractivity contribution in [1.29, 1.82) is 0 Å². The molecule has 2 aromatic heterocycles. The molecule has 0 atom stereocenters. The van der Waals surface area contributed by atoms with E-state index in [0.29, 0.717) is 24.7 Å². The van der Waals surface area contributed by atoms with Crippen molar-refractivity contribution >= 4 is 45.2 Å². The SMILES string of the molecule is CCCn1c(SCC(=O)NCCCC(=O)OC)nc2sc3c(c2c1=O)CCC3. The zero-order valence-electron chi connectivity index (χ0n) is 16.2. The summed E-state index contributed by atoms with van der Waals surface area (Å²) in [6.45, 7) is 3.03. The highest BCUT2D eigenvalue weighted by molar-refractivity contribution is 7.99. The second kappa shape index (κ2) is 9.56. The van der Waals surface area contributed by atoms with Gasteiger partial charge in [0.05, 0.1) is 18.2 Å². The Morgan fingerprint density at radius 3 is 2.93 bits per heavy atom. The standard InChI is InChI=1S/C19H25N3O4S2/c1-3-10-22-18(25)16-12-6-4-7-13(12)28-17(16)21-19(22)27-11-14(23)20-9-5-8-15(24)26-2/h3-11H2,1-2H3,(H,20,23). The first kappa shape index (κ1) is 20.9. The van der Waals surface area contributed by atoms with Gasteiger partial charge in [0.1, 0.15) is 4.83 Å². The van der Waals surface area contributed by atoms with Crippen LogP contribution in [0.1, 0.15) is 43.0 Å². The molecule has 2 heterocycles. The van der Waals surface area contributed by atoms with Crippen molar-refractivity contribution in [3.8, 4) is 0 Å². The van der Waals surface area contributed by atoms with E-state index < -0.39 is 0 Å². The predicted molar refractivity (Wildman–Crippen MR) is 111 cm³/mol. The van der Waals surface area contributed by atoms with Gasteiger partial charge in [0.25, 0.3) is 5.56 Å². The topological polar surface area (TPSA) is 90.3 Å². The number of aryl methyl sites for hydroxylation is 2. The quantitative estimate of drug-likeness (QED) is 0.288. The zero-order chi connectivity index (χ0) is 20.1. The van der Waals surface area contributed by atoms with Gasteiger partial charge in [-0.25, -0.2) is 4.98 Å². The van der Waals surface area contributed by atoms with Gasteiger partial charge in [-0.3, -0.25) is 19.0 Å². The third kappa shape index (κ3) is 4.57. The van der Waals surface area contributed by atoms with E-state index in [4.69, 9.17) is 4.98 Å². The van der Waals surface area contributed by atoms with Crippen LogP contribution < -0.4 is 10.9 Å². The predicted octanol–water partition coefficient (Wildman–Crippen LogP) is 2.52. The first-order valence-corrected chi connectivity index (χ1v) is 11.4. The van der Waals surface area contributed by atoms with Crippen molar-refractivity contribution in [2.24, 2.45) is 0 Å². The minimum atomic E-state index is -0.285. The number of nitrogens with zero attached hydrogens (tertiary/aromatic N) is 2. The molecule has 0 unspecified atom stereocenters. The molecule has 0 radical (unpaired) electrons. The van der Waals surface area contributed by atoms with Gasteiger partial charge < -0.3 is 10.1 Å². The summed E-state index contributed by atoms with van der Waals surface area (Å²) in [6, 6.07) is 0. The first-order valence-electron chi connectivity index (χ1n) is 9.56. The number of ether oxygens (including phenoxy) is 1. The summed E-state index contributed by atoms with van der Waals surface area (Å²) in [6.07, 6.45) is 4.73. The van der Waals surface area contributed by atoms with Crippen molar-refractivity contribution in [3.63, 3.8) is 0 Å². The molecule has 0 fully saturated rings. The van der Waals surface area contributed by atoms with Crippen molar-refractivity contribution in [2.75, 3.05) is 19.4 Å². The molecule has 2 aromatic rings. The van der Waals surface area contributed by atoms with Gasteiger partial charge in [0.2, 0.25) is 5.91 Å². The molecular formula is C19H25N3O4S2. The maximum atomic E-state index is 13.1. The summed E-state index contributed by atoms with van der Waals surface area (Å²) in [4.78, 5) is 43.1. The molecule has 0 saturated carbocycles. The monoisotopic (exact) mass is 423 g/mol. The van der Waals surface area contributed by atoms with E-state index in [1.54, 1.807) is 15.9 Å². The van der Waals surface area contributed by atoms with Gasteiger partial charge in [-0.1, -0.05) is 18.7 Å². The Hall–Kier alpha value is -1.87. The lowest BCUT2D eigenvalue weighted by atomic mass is 10.2. The number of carbonyl (C=O) groups excluding carboxylic acids is 2. The molecule has 3 rings (SSSR count). The van der Waals surface area contributed by atoms with Crippen LogP contribution in [0.5, 0.6) is 0 Å². The Kier molecular flexibility index (Phi) is 7.12. The molecule has 0 aromatic carbocycles. The lowest BCUT2D eigenvalue weighted by molar-refractivity contribution is -0.140. The Balaban J connectivity index is 1.68. The van der Waals surface area contributed by atoms with Gasteiger partial charge in [0.15, 0.2) is 5.16 Å². The van der Waals surface area contributed by atoms with Crippen LogP contribution in [0.25, 0.3) is 10.2 Å². The van der Waals surface area contributed by atoms with E-state index in [-0.39, 0.29) is 29.6 Å². The van der Waals surface area contributed by atoms with E-state index in [1.807, 2.05) is 6.92 Å². The van der Waals surface area contributed by atoms with E-state index in [0.717, 1.165) is 35.9 Å². The molecule has 152 valence electrons. The van der Waals surface area contributed by atoms with Crippen LogP contribution >= 0.6 is 23.1 Å². The molecule has 28 heavy (non-hydrogen) atoms. The highest BCUT2D eigenvalue weighted by Gasteiger charge is 2.23. The molecule has 0 spiro atoms. The minimum Gasteiger partial charge on any atom is -0.469 e. The average Bonchev–Trinajstić information content (AvgIpc) is 3.26. The number of hydrogen-bond donors (Lipinski definition) is 1. The highest BCUT2D eigenvalue weighted by Crippen LogP contribution is 2.35. The average molecular weight is 424 g/mol. The van der Waals surface area contributed by atoms with Gasteiger partial charge in [-0.2, -0.15) is 0 Å². The smallest absolute Gasteiger partial charge is 0.305 e. The molecule has 1 aliphatic carbocycles. The number of esters is 1. The highest BCUT2D eigenvalue weighted by atomic mass is 32.2. The van der Waals surface area contributed by atoms with Crippen LogP contribution in [0.3, 0.4) is 0 Å². The molecule has 1 amide bonds. The number of thiophene rings is 1. The largest absolute Gasteiger partial charge is 0.469 e. The second-order valence-electron chi connectivity index (χ2n) is 6.71. The molecular weight excluding hydrogens is 398 g/mol. The van der Waals surface area contributed by atoms with Crippen LogP contribution in [0, 0.1) is 0 Å². The number of hydrogen-bond acceptors (Lipinski definition) is 7. The van der Waals surface area contributed by atoms with Crippen molar-refractivity contribution in [1.82, 2.24) is 14.9 Å². The van der Waals surface area contributed by atoms with Crippen molar-refractivity contribution < 1.29 is 14.3 Å². The van der Waals surface area contributed by atoms with Gasteiger partial charge in [-0.15, -0.1) is 11.3 Å².